The zero-order chi connectivity index (χ0) is 28.7. The second-order valence-electron chi connectivity index (χ2n) is 13.4. The Balaban J connectivity index is 1.21. The van der Waals surface area contributed by atoms with E-state index >= 15 is 0 Å². The molecular weight excluding hydrogens is 524 g/mol. The topological polar surface area (TPSA) is 183 Å². The number of aliphatic hydroxyl groups is 6. The van der Waals surface area contributed by atoms with Crippen LogP contribution in [0, 0.1) is 28.6 Å². The van der Waals surface area contributed by atoms with Gasteiger partial charge in [0.25, 0.3) is 0 Å². The van der Waals surface area contributed by atoms with Crippen LogP contribution in [-0.2, 0) is 23.8 Å². The third-order valence-corrected chi connectivity index (χ3v) is 12.0. The van der Waals surface area contributed by atoms with Gasteiger partial charge < -0.3 is 49.6 Å². The summed E-state index contributed by atoms with van der Waals surface area (Å²) < 4.78 is 16.7. The average molecular weight is 567 g/mol. The number of aldehydes is 1. The molecule has 0 aromatic heterocycles. The number of aliphatic hydroxyl groups excluding tert-OH is 4. The molecular formula is C29H42O11. The minimum Gasteiger partial charge on any atom is -0.458 e. The minimum absolute atomic E-state index is 0.0309. The summed E-state index contributed by atoms with van der Waals surface area (Å²) in [4.78, 5) is 24.8. The van der Waals surface area contributed by atoms with Gasteiger partial charge in [-0.1, -0.05) is 6.92 Å². The maximum absolute atomic E-state index is 13.0. The highest BCUT2D eigenvalue weighted by molar-refractivity contribution is 5.85. The Bertz CT molecular complexity index is 1060. The first-order chi connectivity index (χ1) is 18.9. The molecule has 0 spiro atoms. The molecule has 6 N–H and O–H groups in total. The number of cyclic esters (lactones) is 1. The summed E-state index contributed by atoms with van der Waals surface area (Å²) in [5.74, 6) is -0.692. The number of esters is 1. The molecule has 11 nitrogen and oxygen atoms in total. The maximum atomic E-state index is 13.0. The lowest BCUT2D eigenvalue weighted by Gasteiger charge is -2.65. The molecule has 0 amide bonds. The number of rotatable bonds is 6. The fourth-order valence-corrected chi connectivity index (χ4v) is 9.83. The van der Waals surface area contributed by atoms with Crippen LogP contribution in [0.3, 0.4) is 0 Å². The number of hydrogen-bond donors (Lipinski definition) is 6. The zero-order valence-electron chi connectivity index (χ0n) is 22.9. The predicted molar refractivity (Wildman–Crippen MR) is 136 cm³/mol. The average Bonchev–Trinajstić information content (AvgIpc) is 3.57. The van der Waals surface area contributed by atoms with E-state index < -0.39 is 65.4 Å². The lowest BCUT2D eigenvalue weighted by molar-refractivity contribution is -0.267. The highest BCUT2D eigenvalue weighted by Crippen LogP contribution is 2.70. The summed E-state index contributed by atoms with van der Waals surface area (Å²) in [5, 5.41) is 64.3. The molecule has 2 heterocycles. The van der Waals surface area contributed by atoms with Crippen molar-refractivity contribution in [1.82, 2.24) is 0 Å². The minimum atomic E-state index is -1.44. The van der Waals surface area contributed by atoms with Crippen LogP contribution in [0.4, 0.5) is 0 Å². The van der Waals surface area contributed by atoms with Crippen LogP contribution >= 0.6 is 0 Å². The van der Waals surface area contributed by atoms with E-state index in [2.05, 4.69) is 6.92 Å². The number of carbonyl (C=O) groups is 2. The molecule has 6 rings (SSSR count). The Kier molecular flexibility index (Phi) is 7.03. The van der Waals surface area contributed by atoms with Gasteiger partial charge in [0.2, 0.25) is 0 Å². The molecule has 6 aliphatic rings. The number of fused-ring (bicyclic) bond motifs is 5. The van der Waals surface area contributed by atoms with Crippen LogP contribution in [0.2, 0.25) is 0 Å². The normalized spacial score (nSPS) is 52.8. The van der Waals surface area contributed by atoms with Crippen LogP contribution in [0.15, 0.2) is 11.6 Å². The van der Waals surface area contributed by atoms with Crippen molar-refractivity contribution in [3.05, 3.63) is 11.6 Å². The van der Waals surface area contributed by atoms with Crippen LogP contribution in [0.25, 0.3) is 0 Å². The summed E-state index contributed by atoms with van der Waals surface area (Å²) >= 11 is 0. The second kappa shape index (κ2) is 9.80. The summed E-state index contributed by atoms with van der Waals surface area (Å²) in [7, 11) is 0. The van der Waals surface area contributed by atoms with Gasteiger partial charge in [-0.25, -0.2) is 4.79 Å². The lowest BCUT2D eigenvalue weighted by Crippen LogP contribution is -2.69. The molecule has 13 unspecified atom stereocenters. The van der Waals surface area contributed by atoms with Gasteiger partial charge in [-0.05, 0) is 74.7 Å². The first-order valence-electron chi connectivity index (χ1n) is 14.7. The van der Waals surface area contributed by atoms with Crippen LogP contribution < -0.4 is 0 Å². The van der Waals surface area contributed by atoms with Crippen molar-refractivity contribution in [3.8, 4) is 0 Å². The maximum Gasteiger partial charge on any atom is 0.331 e. The fourth-order valence-electron chi connectivity index (χ4n) is 9.83. The van der Waals surface area contributed by atoms with E-state index in [-0.39, 0.29) is 36.8 Å². The van der Waals surface area contributed by atoms with Gasteiger partial charge >= 0.3 is 5.97 Å². The summed E-state index contributed by atoms with van der Waals surface area (Å²) in [6, 6.07) is 0. The molecule has 0 aromatic rings. The van der Waals surface area contributed by atoms with Gasteiger partial charge in [0.15, 0.2) is 6.29 Å². The molecule has 4 saturated carbocycles. The van der Waals surface area contributed by atoms with E-state index in [1.807, 2.05) is 0 Å². The molecule has 0 bridgehead atoms. The van der Waals surface area contributed by atoms with Crippen molar-refractivity contribution in [1.29, 1.82) is 0 Å². The third kappa shape index (κ3) is 3.85. The van der Waals surface area contributed by atoms with Gasteiger partial charge in [0.05, 0.1) is 29.3 Å². The van der Waals surface area contributed by atoms with Crippen molar-refractivity contribution < 1.29 is 54.4 Å². The standard InChI is InChI=1S/C29H42O11/c1-26-6-3-18-19(29(26,37)9-5-17(26)15-10-21(33)38-13-15)4-8-28(36)11-16(2-7-27(18,28)14-31)39-25-23(35)22(34)24(40-25)20(32)12-30/h10,14,16-20,22-25,30,32,34-37H,2-9,11-13H2,1H3. The highest BCUT2D eigenvalue weighted by Gasteiger charge is 2.71. The Hall–Kier alpha value is -1.44. The Morgan fingerprint density at radius 3 is 2.50 bits per heavy atom. The Morgan fingerprint density at radius 1 is 1.07 bits per heavy atom. The van der Waals surface area contributed by atoms with Crippen molar-refractivity contribution in [2.75, 3.05) is 13.2 Å². The Labute approximate surface area is 233 Å². The fraction of sp³-hybridized carbons (Fsp3) is 0.862. The quantitative estimate of drug-likeness (QED) is 0.184. The largest absolute Gasteiger partial charge is 0.458 e. The van der Waals surface area contributed by atoms with E-state index in [0.29, 0.717) is 44.9 Å². The molecule has 224 valence electrons. The molecule has 40 heavy (non-hydrogen) atoms. The van der Waals surface area contributed by atoms with Crippen LogP contribution in [0.5, 0.6) is 0 Å². The van der Waals surface area contributed by atoms with E-state index in [1.54, 1.807) is 6.08 Å². The smallest absolute Gasteiger partial charge is 0.331 e. The molecule has 0 aromatic carbocycles. The summed E-state index contributed by atoms with van der Waals surface area (Å²) in [6.07, 6.45) is -0.425. The zero-order valence-corrected chi connectivity index (χ0v) is 22.9. The third-order valence-electron chi connectivity index (χ3n) is 12.0. The molecule has 11 heteroatoms. The number of ether oxygens (including phenoxy) is 3. The number of hydrogen-bond acceptors (Lipinski definition) is 11. The first-order valence-corrected chi connectivity index (χ1v) is 14.7. The lowest BCUT2D eigenvalue weighted by atomic mass is 9.41. The summed E-state index contributed by atoms with van der Waals surface area (Å²) in [6.45, 7) is 1.72. The Morgan fingerprint density at radius 2 is 1.82 bits per heavy atom. The highest BCUT2D eigenvalue weighted by atomic mass is 16.7. The molecule has 1 saturated heterocycles. The van der Waals surface area contributed by atoms with Crippen molar-refractivity contribution in [3.63, 3.8) is 0 Å². The SMILES string of the molecule is CC12CCC3C(CCC4(O)CC(OC5OC(C(O)CO)C(O)C5O)CCC34C=O)C1(O)CCC2C1=CC(=O)OC1. The molecule has 0 radical (unpaired) electrons. The predicted octanol–water partition coefficient (Wildman–Crippen LogP) is -0.278. The van der Waals surface area contributed by atoms with Gasteiger partial charge in [-0.2, -0.15) is 0 Å². The van der Waals surface area contributed by atoms with E-state index in [9.17, 15) is 40.2 Å². The molecule has 5 fully saturated rings. The number of carbonyl (C=O) groups excluding carboxylic acids is 2. The molecule has 13 atom stereocenters. The van der Waals surface area contributed by atoms with Gasteiger partial charge in [-0.3, -0.25) is 0 Å². The van der Waals surface area contributed by atoms with Crippen molar-refractivity contribution in [2.45, 2.75) is 113 Å². The van der Waals surface area contributed by atoms with Crippen molar-refractivity contribution >= 4 is 12.3 Å². The first kappa shape index (κ1) is 28.7. The molecule has 2 aliphatic heterocycles. The summed E-state index contributed by atoms with van der Waals surface area (Å²) in [5.41, 5.74) is -2.98. The van der Waals surface area contributed by atoms with Crippen LogP contribution in [-0.4, -0.2) is 104 Å². The van der Waals surface area contributed by atoms with E-state index in [4.69, 9.17) is 14.2 Å². The second-order valence-corrected chi connectivity index (χ2v) is 13.4. The van der Waals surface area contributed by atoms with Gasteiger partial charge in [0, 0.05) is 17.9 Å². The van der Waals surface area contributed by atoms with E-state index in [1.165, 1.54) is 0 Å². The van der Waals surface area contributed by atoms with Gasteiger partial charge in [0.1, 0.15) is 37.3 Å². The van der Waals surface area contributed by atoms with Gasteiger partial charge in [-0.15, -0.1) is 0 Å². The molecule has 4 aliphatic carbocycles. The monoisotopic (exact) mass is 566 g/mol. The van der Waals surface area contributed by atoms with Crippen LogP contribution in [0.1, 0.15) is 64.7 Å². The van der Waals surface area contributed by atoms with Crippen molar-refractivity contribution in [2.24, 2.45) is 28.6 Å². The van der Waals surface area contributed by atoms with E-state index in [0.717, 1.165) is 18.3 Å².